The summed E-state index contributed by atoms with van der Waals surface area (Å²) in [6.07, 6.45) is 2.03. The van der Waals surface area contributed by atoms with Crippen molar-refractivity contribution < 1.29 is 9.90 Å². The molecule has 3 rings (SSSR count). The van der Waals surface area contributed by atoms with Gasteiger partial charge in [0.2, 0.25) is 0 Å². The van der Waals surface area contributed by atoms with E-state index in [-0.39, 0.29) is 18.5 Å². The van der Waals surface area contributed by atoms with E-state index in [9.17, 15) is 9.90 Å². The van der Waals surface area contributed by atoms with Crippen LogP contribution in [0.15, 0.2) is 47.8 Å². The number of aliphatic hydroxyl groups is 1. The number of amides is 2. The zero-order chi connectivity index (χ0) is 15.4. The number of carbonyl (C=O) groups excluding carboxylic acids is 1. The molecule has 1 heterocycles. The topological polar surface area (TPSA) is 61.4 Å². The van der Waals surface area contributed by atoms with E-state index < -0.39 is 5.60 Å². The third kappa shape index (κ3) is 3.48. The smallest absolute Gasteiger partial charge is 0.315 e. The molecule has 1 aliphatic carbocycles. The SMILES string of the molecule is O=C(NCc1ccccc1)NCC(O)(c1cccs1)C1CC1. The number of nitrogens with one attached hydrogen (secondary N) is 2. The molecule has 116 valence electrons. The first-order valence-electron chi connectivity index (χ1n) is 7.50. The molecule has 0 saturated heterocycles. The molecule has 1 atom stereocenters. The highest BCUT2D eigenvalue weighted by Gasteiger charge is 2.45. The molecule has 2 aromatic rings. The van der Waals surface area contributed by atoms with Gasteiger partial charge in [-0.2, -0.15) is 0 Å². The summed E-state index contributed by atoms with van der Waals surface area (Å²) in [6, 6.07) is 13.4. The zero-order valence-corrected chi connectivity index (χ0v) is 13.1. The second kappa shape index (κ2) is 6.50. The maximum Gasteiger partial charge on any atom is 0.315 e. The molecule has 1 saturated carbocycles. The van der Waals surface area contributed by atoms with Crippen LogP contribution in [0.25, 0.3) is 0 Å². The summed E-state index contributed by atoms with van der Waals surface area (Å²) in [5.74, 6) is 0.251. The molecule has 3 N–H and O–H groups in total. The molecule has 2 amide bonds. The van der Waals surface area contributed by atoms with E-state index in [1.54, 1.807) is 0 Å². The summed E-state index contributed by atoms with van der Waals surface area (Å²) < 4.78 is 0. The normalized spacial score (nSPS) is 16.8. The molecule has 4 nitrogen and oxygen atoms in total. The Morgan fingerprint density at radius 1 is 1.18 bits per heavy atom. The van der Waals surface area contributed by atoms with E-state index in [2.05, 4.69) is 10.6 Å². The Bertz CT molecular complexity index is 611. The number of rotatable bonds is 6. The van der Waals surface area contributed by atoms with E-state index in [1.807, 2.05) is 47.8 Å². The van der Waals surface area contributed by atoms with Gasteiger partial charge in [-0.3, -0.25) is 0 Å². The Balaban J connectivity index is 1.53. The number of thiophene rings is 1. The summed E-state index contributed by atoms with van der Waals surface area (Å²) in [5, 5.41) is 18.5. The van der Waals surface area contributed by atoms with Crippen molar-refractivity contribution in [2.75, 3.05) is 6.54 Å². The van der Waals surface area contributed by atoms with Crippen molar-refractivity contribution in [3.8, 4) is 0 Å². The number of hydrogen-bond acceptors (Lipinski definition) is 3. The predicted octanol–water partition coefficient (Wildman–Crippen LogP) is 2.85. The second-order valence-corrected chi connectivity index (χ2v) is 6.65. The zero-order valence-electron chi connectivity index (χ0n) is 12.3. The van der Waals surface area contributed by atoms with Gasteiger partial charge >= 0.3 is 6.03 Å². The van der Waals surface area contributed by atoms with Crippen LogP contribution < -0.4 is 10.6 Å². The maximum atomic E-state index is 11.9. The number of hydrogen-bond donors (Lipinski definition) is 3. The monoisotopic (exact) mass is 316 g/mol. The molecule has 0 spiro atoms. The molecular weight excluding hydrogens is 296 g/mol. The fraction of sp³-hybridized carbons (Fsp3) is 0.353. The average Bonchev–Trinajstić information content (AvgIpc) is 3.26. The standard InChI is InChI=1S/C17H20N2O2S/c20-16(18-11-13-5-2-1-3-6-13)19-12-17(21,14-8-9-14)15-7-4-10-22-15/h1-7,10,14,21H,8-9,11-12H2,(H2,18,19,20). The first kappa shape index (κ1) is 15.1. The third-order valence-corrected chi connectivity index (χ3v) is 5.05. The van der Waals surface area contributed by atoms with Crippen LogP contribution in [0.1, 0.15) is 23.3 Å². The lowest BCUT2D eigenvalue weighted by Crippen LogP contribution is -2.45. The van der Waals surface area contributed by atoms with Crippen LogP contribution in [0.3, 0.4) is 0 Å². The van der Waals surface area contributed by atoms with Crippen LogP contribution >= 0.6 is 11.3 Å². The summed E-state index contributed by atoms with van der Waals surface area (Å²) in [5.41, 5.74) is 0.117. The lowest BCUT2D eigenvalue weighted by Gasteiger charge is -2.27. The minimum absolute atomic E-state index is 0.249. The number of benzene rings is 1. The Morgan fingerprint density at radius 3 is 2.59 bits per heavy atom. The van der Waals surface area contributed by atoms with Crippen LogP contribution in [0.5, 0.6) is 0 Å². The first-order valence-corrected chi connectivity index (χ1v) is 8.38. The lowest BCUT2D eigenvalue weighted by atomic mass is 9.96. The average molecular weight is 316 g/mol. The van der Waals surface area contributed by atoms with Crippen molar-refractivity contribution in [2.45, 2.75) is 25.0 Å². The minimum Gasteiger partial charge on any atom is -0.382 e. The fourth-order valence-electron chi connectivity index (χ4n) is 2.57. The highest BCUT2D eigenvalue weighted by molar-refractivity contribution is 7.10. The molecule has 5 heteroatoms. The fourth-order valence-corrected chi connectivity index (χ4v) is 3.48. The molecule has 0 radical (unpaired) electrons. The lowest BCUT2D eigenvalue weighted by molar-refractivity contribution is 0.0196. The van der Waals surface area contributed by atoms with Crippen LogP contribution in [-0.4, -0.2) is 17.7 Å². The Morgan fingerprint density at radius 2 is 1.95 bits per heavy atom. The summed E-state index contributed by atoms with van der Waals surface area (Å²) in [6.45, 7) is 0.729. The van der Waals surface area contributed by atoms with Gasteiger partial charge in [0.15, 0.2) is 0 Å². The van der Waals surface area contributed by atoms with Gasteiger partial charge in [-0.25, -0.2) is 4.79 Å². The molecule has 0 aliphatic heterocycles. The van der Waals surface area contributed by atoms with Gasteiger partial charge in [-0.05, 0) is 35.8 Å². The van der Waals surface area contributed by atoms with Crippen molar-refractivity contribution in [3.05, 3.63) is 58.3 Å². The van der Waals surface area contributed by atoms with Gasteiger partial charge in [0.25, 0.3) is 0 Å². The predicted molar refractivity (Wildman–Crippen MR) is 87.6 cm³/mol. The Kier molecular flexibility index (Phi) is 4.45. The van der Waals surface area contributed by atoms with Gasteiger partial charge < -0.3 is 15.7 Å². The molecule has 0 bridgehead atoms. The van der Waals surface area contributed by atoms with Crippen molar-refractivity contribution >= 4 is 17.4 Å². The highest BCUT2D eigenvalue weighted by Crippen LogP contribution is 2.46. The van der Waals surface area contributed by atoms with Crippen molar-refractivity contribution in [1.29, 1.82) is 0 Å². The minimum atomic E-state index is -0.932. The molecule has 22 heavy (non-hydrogen) atoms. The van der Waals surface area contributed by atoms with E-state index in [4.69, 9.17) is 0 Å². The van der Waals surface area contributed by atoms with Crippen LogP contribution in [0.2, 0.25) is 0 Å². The Hall–Kier alpha value is -1.85. The second-order valence-electron chi connectivity index (χ2n) is 5.70. The van der Waals surface area contributed by atoms with E-state index in [0.717, 1.165) is 23.3 Å². The highest BCUT2D eigenvalue weighted by atomic mass is 32.1. The molecule has 1 fully saturated rings. The van der Waals surface area contributed by atoms with E-state index >= 15 is 0 Å². The van der Waals surface area contributed by atoms with Gasteiger partial charge in [-0.15, -0.1) is 11.3 Å². The van der Waals surface area contributed by atoms with Crippen molar-refractivity contribution in [2.24, 2.45) is 5.92 Å². The van der Waals surface area contributed by atoms with Crippen LogP contribution in [0, 0.1) is 5.92 Å². The molecule has 1 unspecified atom stereocenters. The van der Waals surface area contributed by atoms with Crippen molar-refractivity contribution in [1.82, 2.24) is 10.6 Å². The van der Waals surface area contributed by atoms with E-state index in [1.165, 1.54) is 11.3 Å². The molecule has 1 aromatic carbocycles. The summed E-state index contributed by atoms with van der Waals surface area (Å²) >= 11 is 1.54. The summed E-state index contributed by atoms with van der Waals surface area (Å²) in [4.78, 5) is 12.9. The summed E-state index contributed by atoms with van der Waals surface area (Å²) in [7, 11) is 0. The largest absolute Gasteiger partial charge is 0.382 e. The molecule has 1 aliphatic rings. The Labute approximate surface area is 134 Å². The quantitative estimate of drug-likeness (QED) is 0.767. The maximum absolute atomic E-state index is 11.9. The number of urea groups is 1. The van der Waals surface area contributed by atoms with Gasteiger partial charge in [-0.1, -0.05) is 36.4 Å². The molecule has 1 aromatic heterocycles. The third-order valence-electron chi connectivity index (χ3n) is 4.01. The van der Waals surface area contributed by atoms with E-state index in [0.29, 0.717) is 6.54 Å². The molecular formula is C17H20N2O2S. The van der Waals surface area contributed by atoms with Gasteiger partial charge in [0.1, 0.15) is 5.60 Å². The van der Waals surface area contributed by atoms with Crippen LogP contribution in [-0.2, 0) is 12.1 Å². The van der Waals surface area contributed by atoms with Crippen LogP contribution in [0.4, 0.5) is 4.79 Å². The number of carbonyl (C=O) groups is 1. The van der Waals surface area contributed by atoms with Gasteiger partial charge in [0.05, 0.1) is 6.54 Å². The van der Waals surface area contributed by atoms with Gasteiger partial charge in [0, 0.05) is 11.4 Å². The first-order chi connectivity index (χ1) is 10.7. The van der Waals surface area contributed by atoms with Crippen molar-refractivity contribution in [3.63, 3.8) is 0 Å².